The van der Waals surface area contributed by atoms with Gasteiger partial charge in [-0.2, -0.15) is 0 Å². The third-order valence-electron chi connectivity index (χ3n) is 3.19. The second kappa shape index (κ2) is 6.47. The largest absolute Gasteiger partial charge is 0.493 e. The second-order valence-corrected chi connectivity index (χ2v) is 5.62. The van der Waals surface area contributed by atoms with Gasteiger partial charge in [-0.25, -0.2) is 0 Å². The van der Waals surface area contributed by atoms with Crippen LogP contribution in [0, 0.1) is 19.8 Å². The minimum Gasteiger partial charge on any atom is -0.493 e. The Morgan fingerprint density at radius 3 is 2.10 bits per heavy atom. The van der Waals surface area contributed by atoms with Gasteiger partial charge in [-0.1, -0.05) is 32.0 Å². The Balaban J connectivity index is 2.07. The van der Waals surface area contributed by atoms with Gasteiger partial charge in [-0.15, -0.1) is 0 Å². The molecule has 1 N–H and O–H groups in total. The molecule has 0 aliphatic carbocycles. The molecule has 2 aromatic carbocycles. The number of para-hydroxylation sites is 1. The van der Waals surface area contributed by atoms with Crippen LogP contribution in [0.1, 0.15) is 25.0 Å². The van der Waals surface area contributed by atoms with E-state index in [4.69, 9.17) is 4.74 Å². The lowest BCUT2D eigenvalue weighted by atomic mass is 10.1. The zero-order chi connectivity index (χ0) is 14.5. The number of aryl methyl sites for hydroxylation is 2. The summed E-state index contributed by atoms with van der Waals surface area (Å²) in [6.07, 6.45) is 0. The lowest BCUT2D eigenvalue weighted by Gasteiger charge is -2.13. The predicted molar refractivity (Wildman–Crippen MR) is 86.0 cm³/mol. The summed E-state index contributed by atoms with van der Waals surface area (Å²) in [6.45, 7) is 9.29. The lowest BCUT2D eigenvalue weighted by Crippen LogP contribution is -2.04. The molecule has 2 heteroatoms. The summed E-state index contributed by atoms with van der Waals surface area (Å²) in [5.41, 5.74) is 4.78. The van der Waals surface area contributed by atoms with E-state index in [9.17, 15) is 0 Å². The fourth-order valence-electron chi connectivity index (χ4n) is 2.05. The predicted octanol–water partition coefficient (Wildman–Crippen LogP) is 5.08. The van der Waals surface area contributed by atoms with Crippen molar-refractivity contribution in [1.29, 1.82) is 0 Å². The number of nitrogens with one attached hydrogen (secondary N) is 1. The van der Waals surface area contributed by atoms with Crippen molar-refractivity contribution in [2.75, 3.05) is 11.9 Å². The first-order chi connectivity index (χ1) is 9.56. The van der Waals surface area contributed by atoms with E-state index in [2.05, 4.69) is 63.3 Å². The molecule has 0 atom stereocenters. The van der Waals surface area contributed by atoms with E-state index < -0.39 is 0 Å². The van der Waals surface area contributed by atoms with Gasteiger partial charge in [0.15, 0.2) is 0 Å². The van der Waals surface area contributed by atoms with Gasteiger partial charge in [0.25, 0.3) is 0 Å². The second-order valence-electron chi connectivity index (χ2n) is 5.62. The average Bonchev–Trinajstić information content (AvgIpc) is 2.42. The Morgan fingerprint density at radius 2 is 1.55 bits per heavy atom. The van der Waals surface area contributed by atoms with Crippen LogP contribution in [0.25, 0.3) is 0 Å². The standard InChI is InChI=1S/C18H23NO/c1-13(2)12-20-17-10-8-16(9-11-17)19-18-14(3)6-5-7-15(18)4/h5-11,13,19H,12H2,1-4H3. The summed E-state index contributed by atoms with van der Waals surface area (Å²) < 4.78 is 5.69. The van der Waals surface area contributed by atoms with E-state index in [1.807, 2.05) is 12.1 Å². The molecule has 2 nitrogen and oxygen atoms in total. The van der Waals surface area contributed by atoms with Gasteiger partial charge in [-0.3, -0.25) is 0 Å². The number of rotatable bonds is 5. The van der Waals surface area contributed by atoms with Gasteiger partial charge in [0.2, 0.25) is 0 Å². The third kappa shape index (κ3) is 3.77. The van der Waals surface area contributed by atoms with Crippen molar-refractivity contribution in [3.63, 3.8) is 0 Å². The highest BCUT2D eigenvalue weighted by Crippen LogP contribution is 2.25. The topological polar surface area (TPSA) is 21.3 Å². The molecule has 0 spiro atoms. The first-order valence-corrected chi connectivity index (χ1v) is 7.12. The Kier molecular flexibility index (Phi) is 4.67. The van der Waals surface area contributed by atoms with E-state index in [0.29, 0.717) is 5.92 Å². The molecule has 0 heterocycles. The first kappa shape index (κ1) is 14.4. The fourth-order valence-corrected chi connectivity index (χ4v) is 2.05. The van der Waals surface area contributed by atoms with Crippen LogP contribution < -0.4 is 10.1 Å². The normalized spacial score (nSPS) is 10.7. The van der Waals surface area contributed by atoms with Crippen molar-refractivity contribution < 1.29 is 4.74 Å². The Hall–Kier alpha value is -1.96. The van der Waals surface area contributed by atoms with E-state index in [0.717, 1.165) is 18.0 Å². The Morgan fingerprint density at radius 1 is 0.950 bits per heavy atom. The molecule has 2 aromatic rings. The van der Waals surface area contributed by atoms with E-state index in [1.54, 1.807) is 0 Å². The van der Waals surface area contributed by atoms with Crippen LogP contribution in [0.15, 0.2) is 42.5 Å². The minimum atomic E-state index is 0.544. The summed E-state index contributed by atoms with van der Waals surface area (Å²) in [5, 5.41) is 3.48. The summed E-state index contributed by atoms with van der Waals surface area (Å²) in [7, 11) is 0. The molecule has 0 aliphatic heterocycles. The fraction of sp³-hybridized carbons (Fsp3) is 0.333. The zero-order valence-corrected chi connectivity index (χ0v) is 12.7. The van der Waals surface area contributed by atoms with E-state index in [1.165, 1.54) is 16.8 Å². The van der Waals surface area contributed by atoms with Gasteiger partial charge >= 0.3 is 0 Å². The van der Waals surface area contributed by atoms with E-state index >= 15 is 0 Å². The molecule has 20 heavy (non-hydrogen) atoms. The highest BCUT2D eigenvalue weighted by atomic mass is 16.5. The van der Waals surface area contributed by atoms with Crippen molar-refractivity contribution in [1.82, 2.24) is 0 Å². The van der Waals surface area contributed by atoms with Crippen molar-refractivity contribution in [2.24, 2.45) is 5.92 Å². The van der Waals surface area contributed by atoms with E-state index in [-0.39, 0.29) is 0 Å². The number of ether oxygens (including phenoxy) is 1. The third-order valence-corrected chi connectivity index (χ3v) is 3.19. The van der Waals surface area contributed by atoms with Crippen LogP contribution in [0.5, 0.6) is 5.75 Å². The molecule has 106 valence electrons. The Bertz CT molecular complexity index is 538. The molecule has 0 amide bonds. The SMILES string of the molecule is Cc1cccc(C)c1Nc1ccc(OCC(C)C)cc1. The maximum atomic E-state index is 5.69. The average molecular weight is 269 g/mol. The van der Waals surface area contributed by atoms with Crippen molar-refractivity contribution in [3.05, 3.63) is 53.6 Å². The molecule has 0 saturated carbocycles. The quantitative estimate of drug-likeness (QED) is 0.817. The van der Waals surface area contributed by atoms with Gasteiger partial charge in [0.1, 0.15) is 5.75 Å². The minimum absolute atomic E-state index is 0.544. The van der Waals surface area contributed by atoms with Crippen LogP contribution in [-0.4, -0.2) is 6.61 Å². The number of hydrogen-bond acceptors (Lipinski definition) is 2. The zero-order valence-electron chi connectivity index (χ0n) is 12.7. The van der Waals surface area contributed by atoms with Crippen molar-refractivity contribution in [2.45, 2.75) is 27.7 Å². The first-order valence-electron chi connectivity index (χ1n) is 7.12. The monoisotopic (exact) mass is 269 g/mol. The maximum absolute atomic E-state index is 5.69. The number of anilines is 2. The number of hydrogen-bond donors (Lipinski definition) is 1. The Labute approximate surface area is 121 Å². The highest BCUT2D eigenvalue weighted by Gasteiger charge is 2.03. The van der Waals surface area contributed by atoms with Gasteiger partial charge in [0, 0.05) is 11.4 Å². The van der Waals surface area contributed by atoms with Gasteiger partial charge in [-0.05, 0) is 55.2 Å². The summed E-state index contributed by atoms with van der Waals surface area (Å²) in [5.74, 6) is 1.47. The van der Waals surface area contributed by atoms with Crippen LogP contribution in [-0.2, 0) is 0 Å². The number of benzene rings is 2. The summed E-state index contributed by atoms with van der Waals surface area (Å²) in [4.78, 5) is 0. The van der Waals surface area contributed by atoms with Crippen LogP contribution in [0.2, 0.25) is 0 Å². The van der Waals surface area contributed by atoms with Crippen molar-refractivity contribution in [3.8, 4) is 5.75 Å². The molecule has 0 fully saturated rings. The molecule has 0 unspecified atom stereocenters. The van der Waals surface area contributed by atoms with Crippen LogP contribution in [0.4, 0.5) is 11.4 Å². The molecule has 0 bridgehead atoms. The highest BCUT2D eigenvalue weighted by molar-refractivity contribution is 5.66. The molecule has 0 saturated heterocycles. The van der Waals surface area contributed by atoms with Crippen LogP contribution >= 0.6 is 0 Å². The molecular formula is C18H23NO. The maximum Gasteiger partial charge on any atom is 0.119 e. The van der Waals surface area contributed by atoms with Gasteiger partial charge < -0.3 is 10.1 Å². The summed E-state index contributed by atoms with van der Waals surface area (Å²) >= 11 is 0. The van der Waals surface area contributed by atoms with Gasteiger partial charge in [0.05, 0.1) is 6.61 Å². The van der Waals surface area contributed by atoms with Crippen molar-refractivity contribution >= 4 is 11.4 Å². The van der Waals surface area contributed by atoms with Crippen LogP contribution in [0.3, 0.4) is 0 Å². The smallest absolute Gasteiger partial charge is 0.119 e. The summed E-state index contributed by atoms with van der Waals surface area (Å²) in [6, 6.07) is 14.5. The molecule has 2 rings (SSSR count). The lowest BCUT2D eigenvalue weighted by molar-refractivity contribution is 0.271. The molecule has 0 radical (unpaired) electrons. The molecule has 0 aliphatic rings. The molecule has 0 aromatic heterocycles. The molecular weight excluding hydrogens is 246 g/mol.